The van der Waals surface area contributed by atoms with E-state index in [1.54, 1.807) is 26.0 Å². The second-order valence-corrected chi connectivity index (χ2v) is 5.38. The summed E-state index contributed by atoms with van der Waals surface area (Å²) in [5.74, 6) is -1.07. The molecule has 116 valence electrons. The first-order valence-corrected chi connectivity index (χ1v) is 6.97. The van der Waals surface area contributed by atoms with E-state index in [-0.39, 0.29) is 24.1 Å². The van der Waals surface area contributed by atoms with E-state index < -0.39 is 11.5 Å². The lowest BCUT2D eigenvalue weighted by atomic mass is 9.95. The van der Waals surface area contributed by atoms with Crippen LogP contribution in [0, 0.1) is 5.82 Å². The van der Waals surface area contributed by atoms with E-state index in [1.165, 1.54) is 19.2 Å². The topological polar surface area (TPSA) is 55.4 Å². The van der Waals surface area contributed by atoms with Gasteiger partial charge in [-0.15, -0.1) is 0 Å². The third-order valence-electron chi connectivity index (χ3n) is 3.69. The van der Waals surface area contributed by atoms with Crippen LogP contribution >= 0.6 is 0 Å². The van der Waals surface area contributed by atoms with Gasteiger partial charge in [0, 0.05) is 6.42 Å². The van der Waals surface area contributed by atoms with Crippen molar-refractivity contribution in [1.29, 1.82) is 0 Å². The lowest BCUT2D eigenvalue weighted by Gasteiger charge is -2.27. The molecule has 0 aliphatic rings. The Morgan fingerprint density at radius 2 is 1.90 bits per heavy atom. The van der Waals surface area contributed by atoms with Crippen LogP contribution in [0.2, 0.25) is 0 Å². The number of benzene rings is 1. The van der Waals surface area contributed by atoms with E-state index in [0.717, 1.165) is 5.56 Å². The lowest BCUT2D eigenvalue weighted by molar-refractivity contribution is -0.150. The van der Waals surface area contributed by atoms with Crippen LogP contribution < -0.4 is 5.32 Å². The monoisotopic (exact) mass is 295 g/mol. The van der Waals surface area contributed by atoms with Gasteiger partial charge in [-0.2, -0.15) is 0 Å². The Balaban J connectivity index is 2.68. The number of halogens is 1. The number of methoxy groups -OCH3 is 1. The summed E-state index contributed by atoms with van der Waals surface area (Å²) in [6, 6.07) is 6.06. The number of carbonyl (C=O) groups is 2. The molecule has 21 heavy (non-hydrogen) atoms. The van der Waals surface area contributed by atoms with Crippen LogP contribution in [-0.4, -0.2) is 24.5 Å². The highest BCUT2D eigenvalue weighted by molar-refractivity contribution is 5.87. The molecule has 1 rings (SSSR count). The second-order valence-electron chi connectivity index (χ2n) is 5.38. The van der Waals surface area contributed by atoms with Crippen LogP contribution in [0.1, 0.15) is 45.1 Å². The molecule has 4 nitrogen and oxygen atoms in total. The van der Waals surface area contributed by atoms with Crippen molar-refractivity contribution in [3.05, 3.63) is 35.6 Å². The van der Waals surface area contributed by atoms with Crippen molar-refractivity contribution in [1.82, 2.24) is 5.32 Å². The quantitative estimate of drug-likeness (QED) is 0.821. The average molecular weight is 295 g/mol. The molecule has 0 heterocycles. The fraction of sp³-hybridized carbons (Fsp3) is 0.500. The van der Waals surface area contributed by atoms with E-state index in [9.17, 15) is 14.0 Å². The smallest absolute Gasteiger partial charge is 0.331 e. The maximum Gasteiger partial charge on any atom is 0.331 e. The number of nitrogens with one attached hydrogen (secondary N) is 1. The van der Waals surface area contributed by atoms with Crippen molar-refractivity contribution in [3.63, 3.8) is 0 Å². The zero-order chi connectivity index (χ0) is 16.0. The number of carbonyl (C=O) groups excluding carboxylic acids is 2. The Bertz CT molecular complexity index is 501. The third-order valence-corrected chi connectivity index (χ3v) is 3.69. The Morgan fingerprint density at radius 3 is 2.38 bits per heavy atom. The van der Waals surface area contributed by atoms with Crippen LogP contribution in [-0.2, 0) is 14.3 Å². The van der Waals surface area contributed by atoms with Crippen molar-refractivity contribution < 1.29 is 18.7 Å². The Hall–Kier alpha value is -1.91. The van der Waals surface area contributed by atoms with Gasteiger partial charge >= 0.3 is 5.97 Å². The molecule has 0 aliphatic carbocycles. The molecule has 1 aromatic rings. The lowest BCUT2D eigenvalue weighted by Crippen LogP contribution is -2.52. The summed E-state index contributed by atoms with van der Waals surface area (Å²) in [5.41, 5.74) is -0.142. The zero-order valence-electron chi connectivity index (χ0n) is 12.9. The van der Waals surface area contributed by atoms with Gasteiger partial charge in [-0.3, -0.25) is 4.79 Å². The molecule has 1 aromatic carbocycles. The standard InChI is InChI=1S/C16H22FNO3/c1-5-16(3,15(20)21-4)18-14(19)10-11(2)12-6-8-13(17)9-7-12/h6-9,11H,5,10H2,1-4H3,(H,18,19)/t11-,16-/m0/s1. The van der Waals surface area contributed by atoms with Gasteiger partial charge in [-0.25, -0.2) is 9.18 Å². The molecule has 0 unspecified atom stereocenters. The Labute approximate surface area is 124 Å². The molecule has 0 spiro atoms. The van der Waals surface area contributed by atoms with Gasteiger partial charge in [-0.05, 0) is 37.0 Å². The van der Waals surface area contributed by atoms with Gasteiger partial charge in [0.2, 0.25) is 5.91 Å². The Kier molecular flexibility index (Phi) is 5.88. The van der Waals surface area contributed by atoms with Crippen molar-refractivity contribution in [3.8, 4) is 0 Å². The number of esters is 1. The average Bonchev–Trinajstić information content (AvgIpc) is 2.46. The minimum atomic E-state index is -1.02. The van der Waals surface area contributed by atoms with E-state index in [1.807, 2.05) is 6.92 Å². The highest BCUT2D eigenvalue weighted by Gasteiger charge is 2.34. The minimum Gasteiger partial charge on any atom is -0.467 e. The van der Waals surface area contributed by atoms with Gasteiger partial charge in [0.1, 0.15) is 11.4 Å². The molecular formula is C16H22FNO3. The van der Waals surface area contributed by atoms with Gasteiger partial charge in [0.15, 0.2) is 0 Å². The minimum absolute atomic E-state index is 0.0654. The summed E-state index contributed by atoms with van der Waals surface area (Å²) < 4.78 is 17.6. The molecule has 0 aliphatic heterocycles. The fourth-order valence-electron chi connectivity index (χ4n) is 2.06. The predicted octanol–water partition coefficient (Wildman–Crippen LogP) is 2.78. The molecule has 0 saturated heterocycles. The molecular weight excluding hydrogens is 273 g/mol. The van der Waals surface area contributed by atoms with Gasteiger partial charge in [0.25, 0.3) is 0 Å². The highest BCUT2D eigenvalue weighted by atomic mass is 19.1. The molecule has 0 radical (unpaired) electrons. The summed E-state index contributed by atoms with van der Waals surface area (Å²) >= 11 is 0. The number of amides is 1. The van der Waals surface area contributed by atoms with Crippen molar-refractivity contribution in [2.75, 3.05) is 7.11 Å². The molecule has 1 amide bonds. The summed E-state index contributed by atoms with van der Waals surface area (Å²) in [5, 5.41) is 2.72. The summed E-state index contributed by atoms with van der Waals surface area (Å²) in [6.45, 7) is 5.33. The first-order chi connectivity index (χ1) is 9.82. The van der Waals surface area contributed by atoms with E-state index in [0.29, 0.717) is 6.42 Å². The second kappa shape index (κ2) is 7.20. The van der Waals surface area contributed by atoms with Crippen LogP contribution in [0.4, 0.5) is 4.39 Å². The van der Waals surface area contributed by atoms with Gasteiger partial charge < -0.3 is 10.1 Å². The Morgan fingerprint density at radius 1 is 1.33 bits per heavy atom. The molecule has 1 N–H and O–H groups in total. The first kappa shape index (κ1) is 17.1. The zero-order valence-corrected chi connectivity index (χ0v) is 12.9. The van der Waals surface area contributed by atoms with Crippen LogP contribution in [0.3, 0.4) is 0 Å². The number of rotatable bonds is 6. The van der Waals surface area contributed by atoms with Crippen LogP contribution in [0.5, 0.6) is 0 Å². The largest absolute Gasteiger partial charge is 0.467 e. The normalized spacial score (nSPS) is 14.9. The van der Waals surface area contributed by atoms with Crippen molar-refractivity contribution in [2.24, 2.45) is 0 Å². The maximum atomic E-state index is 12.9. The number of ether oxygens (including phenoxy) is 1. The predicted molar refractivity (Wildman–Crippen MR) is 78.3 cm³/mol. The van der Waals surface area contributed by atoms with E-state index >= 15 is 0 Å². The SMILES string of the molecule is CC[C@](C)(NC(=O)C[C@H](C)c1ccc(F)cc1)C(=O)OC. The van der Waals surface area contributed by atoms with E-state index in [4.69, 9.17) is 4.74 Å². The first-order valence-electron chi connectivity index (χ1n) is 6.97. The van der Waals surface area contributed by atoms with Gasteiger partial charge in [0.05, 0.1) is 7.11 Å². The molecule has 0 saturated carbocycles. The van der Waals surface area contributed by atoms with Crippen molar-refractivity contribution in [2.45, 2.75) is 45.1 Å². The molecule has 0 aromatic heterocycles. The molecule has 0 fully saturated rings. The van der Waals surface area contributed by atoms with Crippen molar-refractivity contribution >= 4 is 11.9 Å². The highest BCUT2D eigenvalue weighted by Crippen LogP contribution is 2.20. The molecule has 2 atom stereocenters. The fourth-order valence-corrected chi connectivity index (χ4v) is 2.06. The summed E-state index contributed by atoms with van der Waals surface area (Å²) in [6.07, 6.45) is 0.661. The summed E-state index contributed by atoms with van der Waals surface area (Å²) in [7, 11) is 1.30. The number of hydrogen-bond acceptors (Lipinski definition) is 3. The third kappa shape index (κ3) is 4.55. The van der Waals surface area contributed by atoms with Crippen LogP contribution in [0.15, 0.2) is 24.3 Å². The maximum absolute atomic E-state index is 12.9. The summed E-state index contributed by atoms with van der Waals surface area (Å²) in [4.78, 5) is 23.8. The van der Waals surface area contributed by atoms with Gasteiger partial charge in [-0.1, -0.05) is 26.0 Å². The van der Waals surface area contributed by atoms with Crippen LogP contribution in [0.25, 0.3) is 0 Å². The number of hydrogen-bond donors (Lipinski definition) is 1. The molecule has 5 heteroatoms. The van der Waals surface area contributed by atoms with E-state index in [2.05, 4.69) is 5.32 Å². The molecule has 0 bridgehead atoms.